The summed E-state index contributed by atoms with van der Waals surface area (Å²) in [7, 11) is 0. The van der Waals surface area contributed by atoms with Gasteiger partial charge in [0.15, 0.2) is 5.17 Å². The molecule has 1 saturated heterocycles. The number of furan rings is 1. The molecule has 31 heavy (non-hydrogen) atoms. The number of anilines is 1. The third-order valence-electron chi connectivity index (χ3n) is 4.66. The van der Waals surface area contributed by atoms with E-state index in [4.69, 9.17) is 4.42 Å². The molecule has 8 heteroatoms. The van der Waals surface area contributed by atoms with E-state index in [0.717, 1.165) is 11.3 Å². The quantitative estimate of drug-likeness (QED) is 0.596. The van der Waals surface area contributed by atoms with Gasteiger partial charge in [0.2, 0.25) is 11.8 Å². The third-order valence-corrected chi connectivity index (χ3v) is 5.83. The Morgan fingerprint density at radius 3 is 2.77 bits per heavy atom. The van der Waals surface area contributed by atoms with Crippen LogP contribution in [0.5, 0.6) is 0 Å². The van der Waals surface area contributed by atoms with Gasteiger partial charge in [0, 0.05) is 6.42 Å². The van der Waals surface area contributed by atoms with Crippen LogP contribution in [0.25, 0.3) is 0 Å². The van der Waals surface area contributed by atoms with E-state index in [1.54, 1.807) is 30.5 Å². The first-order valence-corrected chi connectivity index (χ1v) is 10.6. The van der Waals surface area contributed by atoms with Gasteiger partial charge in [-0.25, -0.2) is 9.38 Å². The molecular formula is C23H20FN3O3S. The van der Waals surface area contributed by atoms with Crippen LogP contribution in [0, 0.1) is 12.7 Å². The van der Waals surface area contributed by atoms with Crippen LogP contribution in [-0.2, 0) is 16.1 Å². The second-order valence-corrected chi connectivity index (χ2v) is 8.25. The topological polar surface area (TPSA) is 74.9 Å². The number of aryl methyl sites for hydroxylation is 1. The molecule has 0 radical (unpaired) electrons. The van der Waals surface area contributed by atoms with Gasteiger partial charge in [0.25, 0.3) is 0 Å². The van der Waals surface area contributed by atoms with Gasteiger partial charge in [-0.2, -0.15) is 0 Å². The van der Waals surface area contributed by atoms with Crippen molar-refractivity contribution >= 4 is 40.1 Å². The van der Waals surface area contributed by atoms with Crippen molar-refractivity contribution in [3.8, 4) is 0 Å². The molecule has 0 bridgehead atoms. The van der Waals surface area contributed by atoms with E-state index in [0.29, 0.717) is 10.9 Å². The smallest absolute Gasteiger partial charge is 0.243 e. The molecule has 6 nitrogen and oxygen atoms in total. The van der Waals surface area contributed by atoms with Gasteiger partial charge in [-0.1, -0.05) is 36.0 Å². The average Bonchev–Trinajstić information content (AvgIpc) is 3.34. The summed E-state index contributed by atoms with van der Waals surface area (Å²) in [6.45, 7) is 2.18. The number of amidine groups is 1. The normalized spacial score (nSPS) is 17.4. The number of carbonyl (C=O) groups is 2. The number of amides is 2. The number of rotatable bonds is 6. The highest BCUT2D eigenvalue weighted by Crippen LogP contribution is 2.33. The molecule has 158 valence electrons. The predicted molar refractivity (Wildman–Crippen MR) is 119 cm³/mol. The van der Waals surface area contributed by atoms with Crippen molar-refractivity contribution in [3.05, 3.63) is 84.1 Å². The van der Waals surface area contributed by atoms with Gasteiger partial charge in [0.1, 0.15) is 16.8 Å². The standard InChI is InChI=1S/C23H20FN3O3S/c1-15-6-4-7-16(12-15)25-23-27(14-17-8-5-11-30-17)22(29)20(31-23)13-21(28)26-19-10-3-2-9-18(19)24/h2-12,20H,13-14H2,1H3,(H,26,28). The molecular weight excluding hydrogens is 417 g/mol. The van der Waals surface area contributed by atoms with E-state index in [1.165, 1.54) is 28.8 Å². The number of nitrogens with zero attached hydrogens (tertiary/aromatic N) is 2. The lowest BCUT2D eigenvalue weighted by molar-refractivity contribution is -0.128. The summed E-state index contributed by atoms with van der Waals surface area (Å²) in [4.78, 5) is 31.7. The third kappa shape index (κ3) is 5.03. The minimum Gasteiger partial charge on any atom is -0.467 e. The molecule has 1 atom stereocenters. The van der Waals surface area contributed by atoms with Gasteiger partial charge in [0.05, 0.1) is 24.2 Å². The van der Waals surface area contributed by atoms with Gasteiger partial charge in [-0.15, -0.1) is 0 Å². The molecule has 0 saturated carbocycles. The van der Waals surface area contributed by atoms with Gasteiger partial charge in [-0.05, 0) is 48.9 Å². The minimum atomic E-state index is -0.662. The zero-order chi connectivity index (χ0) is 21.8. The number of para-hydroxylation sites is 1. The predicted octanol–water partition coefficient (Wildman–Crippen LogP) is 4.89. The number of hydrogen-bond donors (Lipinski definition) is 1. The molecule has 1 aliphatic rings. The van der Waals surface area contributed by atoms with E-state index in [9.17, 15) is 14.0 Å². The molecule has 2 aromatic carbocycles. The largest absolute Gasteiger partial charge is 0.467 e. The Kier molecular flexibility index (Phi) is 6.18. The number of halogens is 1. The van der Waals surface area contributed by atoms with Crippen LogP contribution in [-0.4, -0.2) is 27.1 Å². The highest BCUT2D eigenvalue weighted by Gasteiger charge is 2.39. The Hall–Kier alpha value is -3.39. The lowest BCUT2D eigenvalue weighted by Gasteiger charge is -2.15. The lowest BCUT2D eigenvalue weighted by Crippen LogP contribution is -2.33. The Bertz CT molecular complexity index is 1130. The van der Waals surface area contributed by atoms with Crippen LogP contribution < -0.4 is 5.32 Å². The maximum atomic E-state index is 13.8. The van der Waals surface area contributed by atoms with E-state index in [2.05, 4.69) is 10.3 Å². The summed E-state index contributed by atoms with van der Waals surface area (Å²) in [5.74, 6) is -0.591. The zero-order valence-corrected chi connectivity index (χ0v) is 17.6. The maximum Gasteiger partial charge on any atom is 0.243 e. The molecule has 0 aliphatic carbocycles. The fraction of sp³-hybridized carbons (Fsp3) is 0.174. The van der Waals surface area contributed by atoms with Gasteiger partial charge in [-0.3, -0.25) is 14.5 Å². The molecule has 1 unspecified atom stereocenters. The fourth-order valence-electron chi connectivity index (χ4n) is 3.17. The maximum absolute atomic E-state index is 13.8. The number of thioether (sulfide) groups is 1. The molecule has 1 fully saturated rings. The highest BCUT2D eigenvalue weighted by atomic mass is 32.2. The highest BCUT2D eigenvalue weighted by molar-refractivity contribution is 8.15. The molecule has 4 rings (SSSR count). The fourth-order valence-corrected chi connectivity index (χ4v) is 4.33. The first-order chi connectivity index (χ1) is 15.0. The SMILES string of the molecule is Cc1cccc(N=C2SC(CC(=O)Nc3ccccc3F)C(=O)N2Cc2ccco2)c1. The van der Waals surface area contributed by atoms with Crippen molar-refractivity contribution in [2.75, 3.05) is 5.32 Å². The molecule has 1 aliphatic heterocycles. The van der Waals surface area contributed by atoms with Gasteiger partial charge < -0.3 is 9.73 Å². The Labute approximate surface area is 183 Å². The first-order valence-electron chi connectivity index (χ1n) is 9.70. The van der Waals surface area contributed by atoms with Crippen LogP contribution in [0.2, 0.25) is 0 Å². The Morgan fingerprint density at radius 2 is 2.03 bits per heavy atom. The summed E-state index contributed by atoms with van der Waals surface area (Å²) >= 11 is 1.22. The number of hydrogen-bond acceptors (Lipinski definition) is 5. The van der Waals surface area contributed by atoms with Crippen molar-refractivity contribution in [3.63, 3.8) is 0 Å². The summed E-state index contributed by atoms with van der Waals surface area (Å²) in [6, 6.07) is 17.1. The molecule has 1 aromatic heterocycles. The lowest BCUT2D eigenvalue weighted by atomic mass is 10.2. The minimum absolute atomic E-state index is 0.0871. The van der Waals surface area contributed by atoms with Crippen molar-refractivity contribution in [1.29, 1.82) is 0 Å². The van der Waals surface area contributed by atoms with Crippen LogP contribution >= 0.6 is 11.8 Å². The van der Waals surface area contributed by atoms with Crippen molar-refractivity contribution in [2.45, 2.75) is 25.1 Å². The molecule has 1 N–H and O–H groups in total. The van der Waals surface area contributed by atoms with E-state index in [1.807, 2.05) is 31.2 Å². The first kappa shape index (κ1) is 20.9. The van der Waals surface area contributed by atoms with E-state index < -0.39 is 17.0 Å². The summed E-state index contributed by atoms with van der Waals surface area (Å²) < 4.78 is 19.2. The number of carbonyl (C=O) groups excluding carboxylic acids is 2. The van der Waals surface area contributed by atoms with Crippen LogP contribution in [0.3, 0.4) is 0 Å². The van der Waals surface area contributed by atoms with Crippen LogP contribution in [0.15, 0.2) is 76.3 Å². The molecule has 2 heterocycles. The summed E-state index contributed by atoms with van der Waals surface area (Å²) in [5, 5.41) is 2.37. The molecule has 0 spiro atoms. The Morgan fingerprint density at radius 1 is 1.19 bits per heavy atom. The van der Waals surface area contributed by atoms with E-state index >= 15 is 0 Å². The second kappa shape index (κ2) is 9.18. The summed E-state index contributed by atoms with van der Waals surface area (Å²) in [5.41, 5.74) is 1.86. The molecule has 2 amide bonds. The monoisotopic (exact) mass is 437 g/mol. The van der Waals surface area contributed by atoms with Crippen molar-refractivity contribution in [1.82, 2.24) is 4.90 Å². The second-order valence-electron chi connectivity index (χ2n) is 7.08. The number of benzene rings is 2. The average molecular weight is 437 g/mol. The van der Waals surface area contributed by atoms with Gasteiger partial charge >= 0.3 is 0 Å². The molecule has 3 aromatic rings. The number of nitrogens with one attached hydrogen (secondary N) is 1. The van der Waals surface area contributed by atoms with Crippen molar-refractivity contribution < 1.29 is 18.4 Å². The van der Waals surface area contributed by atoms with Crippen molar-refractivity contribution in [2.24, 2.45) is 4.99 Å². The Balaban J connectivity index is 1.54. The number of aliphatic imine (C=N–C) groups is 1. The zero-order valence-electron chi connectivity index (χ0n) is 16.7. The van der Waals surface area contributed by atoms with Crippen LogP contribution in [0.4, 0.5) is 15.8 Å². The van der Waals surface area contributed by atoms with E-state index in [-0.39, 0.29) is 24.6 Å². The summed E-state index contributed by atoms with van der Waals surface area (Å²) in [6.07, 6.45) is 1.44. The van der Waals surface area contributed by atoms with Crippen LogP contribution in [0.1, 0.15) is 17.7 Å².